The third kappa shape index (κ3) is 5.82. The lowest BCUT2D eigenvalue weighted by atomic mass is 9.58. The van der Waals surface area contributed by atoms with Gasteiger partial charge in [0.15, 0.2) is 0 Å². The molecule has 2 amide bonds. The molecule has 3 aliphatic rings. The van der Waals surface area contributed by atoms with Gasteiger partial charge in [-0.15, -0.1) is 16.1 Å². The van der Waals surface area contributed by atoms with Crippen molar-refractivity contribution in [3.63, 3.8) is 0 Å². The number of carbonyl (C=O) groups excluding carboxylic acids is 2. The van der Waals surface area contributed by atoms with Gasteiger partial charge in [0.05, 0.1) is 17.5 Å². The lowest BCUT2D eigenvalue weighted by molar-refractivity contribution is -0.138. The Hall–Kier alpha value is -4.43. The van der Waals surface area contributed by atoms with Crippen molar-refractivity contribution in [3.8, 4) is 11.8 Å². The van der Waals surface area contributed by atoms with E-state index in [0.717, 1.165) is 30.3 Å². The topological polar surface area (TPSA) is 83.4 Å². The number of aryl methyl sites for hydroxylation is 1. The molecular weight excluding hydrogens is 593 g/mol. The van der Waals surface area contributed by atoms with Crippen LogP contribution in [0.1, 0.15) is 71.5 Å². The van der Waals surface area contributed by atoms with Crippen molar-refractivity contribution in [2.45, 2.75) is 63.8 Å². The minimum Gasteiger partial charge on any atom is -0.349 e. The Balaban J connectivity index is 1.31. The number of piperidine rings is 1. The first kappa shape index (κ1) is 31.5. The number of anilines is 1. The number of benzene rings is 2. The largest absolute Gasteiger partial charge is 0.416 e. The van der Waals surface area contributed by atoms with Gasteiger partial charge in [-0.3, -0.25) is 14.5 Å². The number of nitrogens with zero attached hydrogens (tertiary/aromatic N) is 5. The van der Waals surface area contributed by atoms with Gasteiger partial charge in [-0.1, -0.05) is 31.6 Å². The van der Waals surface area contributed by atoms with E-state index in [1.165, 1.54) is 11.0 Å². The van der Waals surface area contributed by atoms with Gasteiger partial charge in [-0.25, -0.2) is 0 Å². The van der Waals surface area contributed by atoms with Crippen LogP contribution in [0.4, 0.5) is 18.9 Å². The molecule has 240 valence electrons. The molecule has 0 bridgehead atoms. The molecule has 1 saturated heterocycles. The maximum Gasteiger partial charge on any atom is 0.416 e. The van der Waals surface area contributed by atoms with Crippen molar-refractivity contribution in [1.29, 1.82) is 0 Å². The Labute approximate surface area is 266 Å². The molecule has 2 aliphatic heterocycles. The van der Waals surface area contributed by atoms with Crippen molar-refractivity contribution in [1.82, 2.24) is 25.0 Å². The van der Waals surface area contributed by atoms with Gasteiger partial charge in [0.25, 0.3) is 5.91 Å². The summed E-state index contributed by atoms with van der Waals surface area (Å²) in [6.07, 6.45) is 0.576. The van der Waals surface area contributed by atoms with Crippen molar-refractivity contribution >= 4 is 17.5 Å². The number of hydrogen-bond acceptors (Lipinski definition) is 5. The van der Waals surface area contributed by atoms with Crippen molar-refractivity contribution < 1.29 is 22.8 Å². The third-order valence-electron chi connectivity index (χ3n) is 9.46. The van der Waals surface area contributed by atoms with E-state index < -0.39 is 17.6 Å². The fourth-order valence-corrected chi connectivity index (χ4v) is 7.64. The van der Waals surface area contributed by atoms with Crippen molar-refractivity contribution in [2.24, 2.45) is 18.9 Å². The number of hydrogen-bond donors (Lipinski definition) is 1. The van der Waals surface area contributed by atoms with Gasteiger partial charge in [0.1, 0.15) is 12.2 Å². The molecule has 2 fully saturated rings. The molecule has 11 heteroatoms. The molecule has 2 atom stereocenters. The first-order chi connectivity index (χ1) is 21.9. The molecule has 0 spiro atoms. The monoisotopic (exact) mass is 630 g/mol. The van der Waals surface area contributed by atoms with E-state index in [9.17, 15) is 22.8 Å². The number of nitrogens with one attached hydrogen (secondary N) is 1. The fourth-order valence-electron chi connectivity index (χ4n) is 7.64. The van der Waals surface area contributed by atoms with Crippen LogP contribution in [0.15, 0.2) is 55.4 Å². The minimum atomic E-state index is -4.64. The van der Waals surface area contributed by atoms with Crippen LogP contribution in [0.25, 0.3) is 0 Å². The third-order valence-corrected chi connectivity index (χ3v) is 9.46. The van der Waals surface area contributed by atoms with E-state index in [1.807, 2.05) is 34.7 Å². The van der Waals surface area contributed by atoms with Crippen LogP contribution in [0, 0.1) is 23.7 Å². The number of aromatic nitrogens is 3. The Morgan fingerprint density at radius 1 is 1.22 bits per heavy atom. The van der Waals surface area contributed by atoms with Crippen LogP contribution in [0.5, 0.6) is 0 Å². The smallest absolute Gasteiger partial charge is 0.349 e. The summed E-state index contributed by atoms with van der Waals surface area (Å²) in [5.41, 5.74) is 0.774. The summed E-state index contributed by atoms with van der Waals surface area (Å²) in [5, 5.41) is 11.4. The summed E-state index contributed by atoms with van der Waals surface area (Å²) in [4.78, 5) is 29.3. The Morgan fingerprint density at radius 3 is 2.65 bits per heavy atom. The quantitative estimate of drug-likeness (QED) is 0.286. The molecule has 0 unspecified atom stereocenters. The second-order valence-electron chi connectivity index (χ2n) is 12.9. The highest BCUT2D eigenvalue weighted by Crippen LogP contribution is 2.52. The van der Waals surface area contributed by atoms with Gasteiger partial charge in [-0.05, 0) is 79.1 Å². The van der Waals surface area contributed by atoms with Gasteiger partial charge >= 0.3 is 6.18 Å². The summed E-state index contributed by atoms with van der Waals surface area (Å²) in [7, 11) is 1.90. The molecule has 3 aromatic rings. The number of carbonyl (C=O) groups is 2. The molecule has 46 heavy (non-hydrogen) atoms. The van der Waals surface area contributed by atoms with E-state index in [0.29, 0.717) is 36.7 Å². The first-order valence-electron chi connectivity index (χ1n) is 15.5. The molecule has 2 aromatic carbocycles. The minimum absolute atomic E-state index is 0.0172. The average Bonchev–Trinajstić information content (AvgIpc) is 3.57. The van der Waals surface area contributed by atoms with Crippen LogP contribution in [0.2, 0.25) is 0 Å². The van der Waals surface area contributed by atoms with Gasteiger partial charge in [0, 0.05) is 49.9 Å². The number of amides is 2. The normalized spacial score (nSPS) is 24.5. The molecular formula is C35H37F3N6O2. The second-order valence-corrected chi connectivity index (χ2v) is 12.9. The van der Waals surface area contributed by atoms with E-state index in [2.05, 4.69) is 40.9 Å². The fraction of sp³-hybridized carbons (Fsp3) is 0.429. The summed E-state index contributed by atoms with van der Waals surface area (Å²) in [5.74, 6) is 6.55. The predicted octanol–water partition coefficient (Wildman–Crippen LogP) is 5.23. The highest BCUT2D eigenvalue weighted by molar-refractivity contribution is 6.10. The lowest BCUT2D eigenvalue weighted by Crippen LogP contribution is -2.50. The van der Waals surface area contributed by atoms with Crippen LogP contribution >= 0.6 is 0 Å². The summed E-state index contributed by atoms with van der Waals surface area (Å²) >= 11 is 0. The molecule has 6 rings (SSSR count). The molecule has 8 nitrogen and oxygen atoms in total. The molecule has 1 aliphatic carbocycles. The standard InChI is InChI=1S/C35H37F3N6O2/c1-5-8-23-11-26(40-31(45)6-2)19-43(17-23)18-24-12-28-29(30(13-24)35(36,37)38)20-44(32(28)46)27-10-7-9-25(14-27)34(15-22(3)16-34)33-41-39-21-42(33)4/h6-7,9-10,12-14,21-23,26H,2,11,15-20H2,1,3-4H3,(H,40,45)/t22?,23-,26+,34?/m1/s1. The van der Waals surface area contributed by atoms with Crippen LogP contribution in [-0.2, 0) is 36.5 Å². The second kappa shape index (κ2) is 12.1. The number of fused-ring (bicyclic) bond motifs is 1. The maximum atomic E-state index is 14.5. The molecule has 1 aromatic heterocycles. The van der Waals surface area contributed by atoms with Crippen LogP contribution in [-0.4, -0.2) is 50.6 Å². The zero-order chi connectivity index (χ0) is 32.8. The summed E-state index contributed by atoms with van der Waals surface area (Å²) in [6.45, 7) is 8.41. The molecule has 1 saturated carbocycles. The summed E-state index contributed by atoms with van der Waals surface area (Å²) in [6, 6.07) is 10.1. The number of halogens is 3. The van der Waals surface area contributed by atoms with E-state index in [4.69, 9.17) is 0 Å². The van der Waals surface area contributed by atoms with Gasteiger partial charge in [-0.2, -0.15) is 13.2 Å². The van der Waals surface area contributed by atoms with Gasteiger partial charge in [0.2, 0.25) is 5.91 Å². The zero-order valence-corrected chi connectivity index (χ0v) is 26.2. The highest BCUT2D eigenvalue weighted by atomic mass is 19.4. The number of likely N-dealkylation sites (tertiary alicyclic amines) is 1. The van der Waals surface area contributed by atoms with Crippen LogP contribution in [0.3, 0.4) is 0 Å². The first-order valence-corrected chi connectivity index (χ1v) is 15.5. The predicted molar refractivity (Wildman–Crippen MR) is 168 cm³/mol. The summed E-state index contributed by atoms with van der Waals surface area (Å²) < 4.78 is 45.5. The van der Waals surface area contributed by atoms with Crippen LogP contribution < -0.4 is 10.2 Å². The molecule has 0 radical (unpaired) electrons. The lowest BCUT2D eigenvalue weighted by Gasteiger charge is -2.46. The van der Waals surface area contributed by atoms with E-state index in [1.54, 1.807) is 25.4 Å². The van der Waals surface area contributed by atoms with Crippen molar-refractivity contribution in [3.05, 3.63) is 89.0 Å². The number of rotatable bonds is 7. The van der Waals surface area contributed by atoms with Crippen molar-refractivity contribution in [2.75, 3.05) is 18.0 Å². The highest BCUT2D eigenvalue weighted by Gasteiger charge is 2.48. The zero-order valence-electron chi connectivity index (χ0n) is 26.2. The molecule has 3 heterocycles. The molecule has 1 N–H and O–H groups in total. The van der Waals surface area contributed by atoms with E-state index >= 15 is 0 Å². The van der Waals surface area contributed by atoms with Gasteiger partial charge < -0.3 is 14.8 Å². The van der Waals surface area contributed by atoms with E-state index in [-0.39, 0.29) is 47.5 Å². The Kier molecular flexibility index (Phi) is 8.27. The maximum absolute atomic E-state index is 14.5. The Morgan fingerprint density at radius 2 is 2.00 bits per heavy atom. The SMILES string of the molecule is C=CC(=O)N[C@H]1C[C@@H](C#CC)CN(Cc2cc3c(c(C(F)(F)F)c2)CN(c2cccc(C4(c5nncn5C)CC(C)C4)c2)C3=O)C1. The Bertz CT molecular complexity index is 1750. The number of alkyl halides is 3. The average molecular weight is 631 g/mol.